The Labute approximate surface area is 160 Å². The van der Waals surface area contributed by atoms with Gasteiger partial charge in [-0.15, -0.1) is 0 Å². The summed E-state index contributed by atoms with van der Waals surface area (Å²) in [5.74, 6) is 0.163. The van der Waals surface area contributed by atoms with Crippen molar-refractivity contribution in [1.82, 2.24) is 9.78 Å². The fraction of sp³-hybridized carbons (Fsp3) is 0.111. The standard InChI is InChI=1S/C18H14Cl3N3O/c19-14-7-6-13(8-15(14)20)10-24-11-16(21)18(23-24)22-17(25)9-12-4-2-1-3-5-12/h1-8,11H,9-10H2,(H,22,23,25). The van der Waals surface area contributed by atoms with Gasteiger partial charge in [0.15, 0.2) is 5.82 Å². The minimum atomic E-state index is -0.173. The summed E-state index contributed by atoms with van der Waals surface area (Å²) >= 11 is 18.1. The molecule has 0 aliphatic carbocycles. The molecule has 7 heteroatoms. The van der Waals surface area contributed by atoms with Gasteiger partial charge in [0.05, 0.1) is 23.0 Å². The van der Waals surface area contributed by atoms with Crippen LogP contribution in [0.5, 0.6) is 0 Å². The third-order valence-electron chi connectivity index (χ3n) is 3.51. The molecule has 0 unspecified atom stereocenters. The lowest BCUT2D eigenvalue weighted by Gasteiger charge is -2.04. The van der Waals surface area contributed by atoms with Gasteiger partial charge in [0, 0.05) is 6.20 Å². The van der Waals surface area contributed by atoms with E-state index in [4.69, 9.17) is 34.8 Å². The van der Waals surface area contributed by atoms with Gasteiger partial charge >= 0.3 is 0 Å². The number of benzene rings is 2. The van der Waals surface area contributed by atoms with Crippen LogP contribution < -0.4 is 5.32 Å². The lowest BCUT2D eigenvalue weighted by atomic mass is 10.1. The van der Waals surface area contributed by atoms with Crippen LogP contribution in [0.3, 0.4) is 0 Å². The second kappa shape index (κ2) is 7.91. The Hall–Kier alpha value is -2.01. The minimum Gasteiger partial charge on any atom is -0.308 e. The van der Waals surface area contributed by atoms with Gasteiger partial charge in [0.25, 0.3) is 0 Å². The number of hydrogen-bond donors (Lipinski definition) is 1. The first kappa shape index (κ1) is 17.8. The van der Waals surface area contributed by atoms with E-state index in [-0.39, 0.29) is 12.3 Å². The highest BCUT2D eigenvalue weighted by Crippen LogP contribution is 2.24. The van der Waals surface area contributed by atoms with Crippen LogP contribution in [0.25, 0.3) is 0 Å². The van der Waals surface area contributed by atoms with E-state index in [0.29, 0.717) is 27.4 Å². The summed E-state index contributed by atoms with van der Waals surface area (Å²) < 4.78 is 1.64. The monoisotopic (exact) mass is 393 g/mol. The number of amides is 1. The SMILES string of the molecule is O=C(Cc1ccccc1)Nc1nn(Cc2ccc(Cl)c(Cl)c2)cc1Cl. The van der Waals surface area contributed by atoms with Crippen LogP contribution in [0.4, 0.5) is 5.82 Å². The molecule has 0 bridgehead atoms. The highest BCUT2D eigenvalue weighted by molar-refractivity contribution is 6.42. The predicted molar refractivity (Wildman–Crippen MR) is 102 cm³/mol. The molecule has 0 aliphatic rings. The Morgan fingerprint density at radius 1 is 0.960 bits per heavy atom. The Balaban J connectivity index is 1.67. The molecule has 0 atom stereocenters. The summed E-state index contributed by atoms with van der Waals surface area (Å²) in [6.07, 6.45) is 1.92. The summed E-state index contributed by atoms with van der Waals surface area (Å²) in [6.45, 7) is 0.463. The summed E-state index contributed by atoms with van der Waals surface area (Å²) in [5, 5.41) is 8.41. The summed E-state index contributed by atoms with van der Waals surface area (Å²) in [7, 11) is 0. The van der Waals surface area contributed by atoms with Crippen LogP contribution in [-0.4, -0.2) is 15.7 Å². The molecule has 0 saturated carbocycles. The largest absolute Gasteiger partial charge is 0.308 e. The van der Waals surface area contributed by atoms with Crippen LogP contribution in [-0.2, 0) is 17.8 Å². The number of carbonyl (C=O) groups excluding carboxylic acids is 1. The van der Waals surface area contributed by atoms with Crippen molar-refractivity contribution in [2.45, 2.75) is 13.0 Å². The number of nitrogens with one attached hydrogen (secondary N) is 1. The van der Waals surface area contributed by atoms with Crippen LogP contribution >= 0.6 is 34.8 Å². The number of aromatic nitrogens is 2. The second-order valence-electron chi connectivity index (χ2n) is 5.48. The van der Waals surface area contributed by atoms with Crippen molar-refractivity contribution in [3.8, 4) is 0 Å². The highest BCUT2D eigenvalue weighted by atomic mass is 35.5. The van der Waals surface area contributed by atoms with Crippen LogP contribution in [0.1, 0.15) is 11.1 Å². The molecule has 128 valence electrons. The van der Waals surface area contributed by atoms with Gasteiger partial charge in [0.2, 0.25) is 5.91 Å². The maximum atomic E-state index is 12.1. The fourth-order valence-corrected chi connectivity index (χ4v) is 2.86. The number of carbonyl (C=O) groups is 1. The average Bonchev–Trinajstić information content (AvgIpc) is 2.91. The quantitative estimate of drug-likeness (QED) is 0.656. The number of hydrogen-bond acceptors (Lipinski definition) is 2. The molecule has 25 heavy (non-hydrogen) atoms. The third-order valence-corrected chi connectivity index (χ3v) is 4.53. The smallest absolute Gasteiger partial charge is 0.230 e. The molecule has 0 spiro atoms. The Bertz CT molecular complexity index is 894. The lowest BCUT2D eigenvalue weighted by molar-refractivity contribution is -0.115. The molecule has 0 saturated heterocycles. The van der Waals surface area contributed by atoms with Gasteiger partial charge in [-0.25, -0.2) is 0 Å². The van der Waals surface area contributed by atoms with Crippen molar-refractivity contribution in [2.24, 2.45) is 0 Å². The molecule has 0 aliphatic heterocycles. The van der Waals surface area contributed by atoms with E-state index in [1.54, 1.807) is 23.0 Å². The first-order valence-corrected chi connectivity index (χ1v) is 8.65. The predicted octanol–water partition coefficient (Wildman–Crippen LogP) is 5.07. The van der Waals surface area contributed by atoms with E-state index < -0.39 is 0 Å². The van der Waals surface area contributed by atoms with E-state index in [0.717, 1.165) is 11.1 Å². The molecule has 1 N–H and O–H groups in total. The zero-order valence-corrected chi connectivity index (χ0v) is 15.3. The lowest BCUT2D eigenvalue weighted by Crippen LogP contribution is -2.15. The Morgan fingerprint density at radius 2 is 1.72 bits per heavy atom. The van der Waals surface area contributed by atoms with Crippen LogP contribution in [0.15, 0.2) is 54.7 Å². The number of nitrogens with zero attached hydrogens (tertiary/aromatic N) is 2. The summed E-state index contributed by atoms with van der Waals surface area (Å²) in [4.78, 5) is 12.1. The highest BCUT2D eigenvalue weighted by Gasteiger charge is 2.12. The minimum absolute atomic E-state index is 0.173. The topological polar surface area (TPSA) is 46.9 Å². The van der Waals surface area contributed by atoms with Crippen molar-refractivity contribution in [2.75, 3.05) is 5.32 Å². The molecule has 0 fully saturated rings. The Kier molecular flexibility index (Phi) is 5.63. The summed E-state index contributed by atoms with van der Waals surface area (Å²) in [5.41, 5.74) is 1.85. The average molecular weight is 395 g/mol. The molecule has 1 aromatic heterocycles. The van der Waals surface area contributed by atoms with Gasteiger partial charge in [-0.1, -0.05) is 71.2 Å². The van der Waals surface area contributed by atoms with Crippen LogP contribution in [0, 0.1) is 0 Å². The van der Waals surface area contributed by atoms with Gasteiger partial charge < -0.3 is 5.32 Å². The number of rotatable bonds is 5. The summed E-state index contributed by atoms with van der Waals surface area (Å²) in [6, 6.07) is 14.8. The number of anilines is 1. The maximum Gasteiger partial charge on any atom is 0.230 e. The van der Waals surface area contributed by atoms with Gasteiger partial charge in [-0.2, -0.15) is 5.10 Å². The molecule has 3 aromatic rings. The first-order valence-electron chi connectivity index (χ1n) is 7.52. The molecule has 0 radical (unpaired) electrons. The van der Waals surface area contributed by atoms with Crippen molar-refractivity contribution >= 4 is 46.5 Å². The van der Waals surface area contributed by atoms with Crippen molar-refractivity contribution < 1.29 is 4.79 Å². The Morgan fingerprint density at radius 3 is 2.44 bits per heavy atom. The first-order chi connectivity index (χ1) is 12.0. The molecule has 4 nitrogen and oxygen atoms in total. The second-order valence-corrected chi connectivity index (χ2v) is 6.70. The molecule has 3 rings (SSSR count). The van der Waals surface area contributed by atoms with Crippen molar-refractivity contribution in [3.05, 3.63) is 80.9 Å². The van der Waals surface area contributed by atoms with E-state index in [2.05, 4.69) is 10.4 Å². The molecule has 2 aromatic carbocycles. The van der Waals surface area contributed by atoms with E-state index in [1.807, 2.05) is 36.4 Å². The van der Waals surface area contributed by atoms with Crippen molar-refractivity contribution in [3.63, 3.8) is 0 Å². The third kappa shape index (κ3) is 4.75. The van der Waals surface area contributed by atoms with Gasteiger partial charge in [-0.05, 0) is 23.3 Å². The van der Waals surface area contributed by atoms with E-state index in [9.17, 15) is 4.79 Å². The molecular weight excluding hydrogens is 381 g/mol. The van der Waals surface area contributed by atoms with Crippen molar-refractivity contribution in [1.29, 1.82) is 0 Å². The van der Waals surface area contributed by atoms with E-state index >= 15 is 0 Å². The fourth-order valence-electron chi connectivity index (χ4n) is 2.35. The normalized spacial score (nSPS) is 10.7. The molecular formula is C18H14Cl3N3O. The molecule has 1 amide bonds. The van der Waals surface area contributed by atoms with Gasteiger partial charge in [-0.3, -0.25) is 9.48 Å². The zero-order valence-electron chi connectivity index (χ0n) is 13.0. The van der Waals surface area contributed by atoms with Gasteiger partial charge in [0.1, 0.15) is 5.02 Å². The maximum absolute atomic E-state index is 12.1. The zero-order chi connectivity index (χ0) is 17.8. The number of halogens is 3. The van der Waals surface area contributed by atoms with Crippen LogP contribution in [0.2, 0.25) is 15.1 Å². The van der Waals surface area contributed by atoms with E-state index in [1.165, 1.54) is 0 Å². The molecule has 1 heterocycles.